The Morgan fingerprint density at radius 1 is 1.54 bits per heavy atom. The third-order valence-electron chi connectivity index (χ3n) is 1.24. The molecule has 0 saturated carbocycles. The van der Waals surface area contributed by atoms with Crippen molar-refractivity contribution in [3.8, 4) is 0 Å². The molecule has 0 aromatic carbocycles. The molecule has 0 aliphatic carbocycles. The second-order valence-electron chi connectivity index (χ2n) is 2.13. The molecular formula is C7H3BrClNO3. The molecule has 1 aromatic heterocycles. The van der Waals surface area contributed by atoms with Gasteiger partial charge in [-0.1, -0.05) is 11.6 Å². The smallest absolute Gasteiger partial charge is 0.377 e. The van der Waals surface area contributed by atoms with Crippen LogP contribution >= 0.6 is 27.5 Å². The molecule has 0 fully saturated rings. The van der Waals surface area contributed by atoms with E-state index in [0.29, 0.717) is 4.47 Å². The lowest BCUT2D eigenvalue weighted by atomic mass is 10.2. The van der Waals surface area contributed by atoms with E-state index in [2.05, 4.69) is 20.9 Å². The number of hydrogen-bond donors (Lipinski definition) is 1. The van der Waals surface area contributed by atoms with E-state index in [9.17, 15) is 9.59 Å². The Balaban J connectivity index is 3.21. The number of halogens is 2. The van der Waals surface area contributed by atoms with Crippen molar-refractivity contribution in [1.29, 1.82) is 0 Å². The average molecular weight is 264 g/mol. The summed E-state index contributed by atoms with van der Waals surface area (Å²) < 4.78 is 0.501. The third-order valence-corrected chi connectivity index (χ3v) is 1.98. The second kappa shape index (κ2) is 3.85. The number of Topliss-reactive ketones (excluding diaryl/α,β-unsaturated/α-hetero) is 1. The SMILES string of the molecule is O=C(O)C(=O)c1cc(Br)cnc1Cl. The second-order valence-corrected chi connectivity index (χ2v) is 3.40. The molecule has 6 heteroatoms. The molecule has 13 heavy (non-hydrogen) atoms. The van der Waals surface area contributed by atoms with E-state index in [4.69, 9.17) is 16.7 Å². The first-order chi connectivity index (χ1) is 6.02. The molecule has 0 bridgehead atoms. The van der Waals surface area contributed by atoms with Crippen LogP contribution in [0.5, 0.6) is 0 Å². The van der Waals surface area contributed by atoms with Crippen LogP contribution in [-0.2, 0) is 4.79 Å². The van der Waals surface area contributed by atoms with Crippen molar-refractivity contribution in [2.24, 2.45) is 0 Å². The first-order valence-corrected chi connectivity index (χ1v) is 4.28. The molecule has 1 heterocycles. The highest BCUT2D eigenvalue weighted by molar-refractivity contribution is 9.10. The van der Waals surface area contributed by atoms with Crippen LogP contribution < -0.4 is 0 Å². The number of pyridine rings is 1. The maximum Gasteiger partial charge on any atom is 0.377 e. The molecule has 0 atom stereocenters. The highest BCUT2D eigenvalue weighted by atomic mass is 79.9. The minimum absolute atomic E-state index is 0.115. The number of nitrogens with zero attached hydrogens (tertiary/aromatic N) is 1. The molecule has 0 amide bonds. The Hall–Kier alpha value is -0.940. The summed E-state index contributed by atoms with van der Waals surface area (Å²) in [6, 6.07) is 1.31. The lowest BCUT2D eigenvalue weighted by Crippen LogP contribution is -2.13. The number of carbonyl (C=O) groups is 2. The summed E-state index contributed by atoms with van der Waals surface area (Å²) in [6.45, 7) is 0. The van der Waals surface area contributed by atoms with Gasteiger partial charge in [0.2, 0.25) is 0 Å². The number of aliphatic carboxylic acids is 1. The Morgan fingerprint density at radius 3 is 2.69 bits per heavy atom. The number of carbonyl (C=O) groups excluding carboxylic acids is 1. The molecule has 0 saturated heterocycles. The summed E-state index contributed by atoms with van der Waals surface area (Å²) in [5.41, 5.74) is -0.122. The van der Waals surface area contributed by atoms with Gasteiger partial charge in [-0.15, -0.1) is 0 Å². The quantitative estimate of drug-likeness (QED) is 0.502. The third kappa shape index (κ3) is 2.26. The zero-order valence-corrected chi connectivity index (χ0v) is 8.46. The molecule has 0 radical (unpaired) electrons. The lowest BCUT2D eigenvalue weighted by molar-refractivity contribution is -0.131. The molecule has 1 N–H and O–H groups in total. The number of carboxylic acids is 1. The molecule has 0 unspecified atom stereocenters. The Kier molecular flexibility index (Phi) is 3.00. The Morgan fingerprint density at radius 2 is 2.15 bits per heavy atom. The maximum absolute atomic E-state index is 11.0. The van der Waals surface area contributed by atoms with Crippen molar-refractivity contribution in [2.45, 2.75) is 0 Å². The zero-order valence-electron chi connectivity index (χ0n) is 6.12. The van der Waals surface area contributed by atoms with E-state index >= 15 is 0 Å². The summed E-state index contributed by atoms with van der Waals surface area (Å²) in [6.07, 6.45) is 1.38. The van der Waals surface area contributed by atoms with Gasteiger partial charge in [0.15, 0.2) is 0 Å². The number of rotatable bonds is 2. The van der Waals surface area contributed by atoms with Gasteiger partial charge < -0.3 is 5.11 Å². The highest BCUT2D eigenvalue weighted by Gasteiger charge is 2.18. The average Bonchev–Trinajstić information content (AvgIpc) is 2.08. The number of aromatic nitrogens is 1. The van der Waals surface area contributed by atoms with Crippen molar-refractivity contribution in [3.63, 3.8) is 0 Å². The molecule has 0 spiro atoms. The van der Waals surface area contributed by atoms with Crippen LogP contribution in [0.4, 0.5) is 0 Å². The van der Waals surface area contributed by atoms with Gasteiger partial charge in [-0.2, -0.15) is 0 Å². The van der Waals surface area contributed by atoms with Crippen molar-refractivity contribution in [3.05, 3.63) is 27.5 Å². The van der Waals surface area contributed by atoms with E-state index in [1.54, 1.807) is 0 Å². The predicted molar refractivity (Wildman–Crippen MR) is 48.9 cm³/mol. The highest BCUT2D eigenvalue weighted by Crippen LogP contribution is 2.18. The van der Waals surface area contributed by atoms with Gasteiger partial charge in [0, 0.05) is 10.7 Å². The van der Waals surface area contributed by atoms with E-state index < -0.39 is 11.8 Å². The van der Waals surface area contributed by atoms with Gasteiger partial charge in [-0.25, -0.2) is 9.78 Å². The predicted octanol–water partition coefficient (Wildman–Crippen LogP) is 1.76. The van der Waals surface area contributed by atoms with Crippen LogP contribution in [0.2, 0.25) is 5.15 Å². The minimum Gasteiger partial charge on any atom is -0.475 e. The Labute approximate surface area is 86.7 Å². The van der Waals surface area contributed by atoms with Crippen LogP contribution in [0.1, 0.15) is 10.4 Å². The summed E-state index contributed by atoms with van der Waals surface area (Å²) in [4.78, 5) is 24.9. The van der Waals surface area contributed by atoms with Crippen LogP contribution in [0.3, 0.4) is 0 Å². The van der Waals surface area contributed by atoms with E-state index in [0.717, 1.165) is 0 Å². The molecular weight excluding hydrogens is 261 g/mol. The van der Waals surface area contributed by atoms with Gasteiger partial charge in [0.05, 0.1) is 5.56 Å². The molecule has 0 aliphatic heterocycles. The van der Waals surface area contributed by atoms with Gasteiger partial charge in [0.25, 0.3) is 5.78 Å². The first-order valence-electron chi connectivity index (χ1n) is 3.11. The van der Waals surface area contributed by atoms with Crippen molar-refractivity contribution in [2.75, 3.05) is 0 Å². The number of ketones is 1. The fraction of sp³-hybridized carbons (Fsp3) is 0. The van der Waals surface area contributed by atoms with Crippen LogP contribution in [-0.4, -0.2) is 21.8 Å². The summed E-state index contributed by atoms with van der Waals surface area (Å²) >= 11 is 8.57. The van der Waals surface area contributed by atoms with Crippen molar-refractivity contribution in [1.82, 2.24) is 4.98 Å². The zero-order chi connectivity index (χ0) is 10.0. The summed E-state index contributed by atoms with van der Waals surface area (Å²) in [7, 11) is 0. The molecule has 1 rings (SSSR count). The molecule has 4 nitrogen and oxygen atoms in total. The summed E-state index contributed by atoms with van der Waals surface area (Å²) in [5, 5.41) is 8.28. The maximum atomic E-state index is 11.0. The van der Waals surface area contributed by atoms with Gasteiger partial charge >= 0.3 is 5.97 Å². The number of hydrogen-bond acceptors (Lipinski definition) is 3. The van der Waals surface area contributed by atoms with Crippen LogP contribution in [0.25, 0.3) is 0 Å². The standard InChI is InChI=1S/C7H3BrClNO3/c8-3-1-4(5(11)7(12)13)6(9)10-2-3/h1-2H,(H,12,13). The van der Waals surface area contributed by atoms with E-state index in [-0.39, 0.29) is 10.7 Å². The van der Waals surface area contributed by atoms with Gasteiger partial charge in [-0.3, -0.25) is 4.79 Å². The lowest BCUT2D eigenvalue weighted by Gasteiger charge is -1.98. The van der Waals surface area contributed by atoms with E-state index in [1.165, 1.54) is 12.3 Å². The fourth-order valence-corrected chi connectivity index (χ4v) is 1.22. The minimum atomic E-state index is -1.55. The normalized spacial score (nSPS) is 9.69. The van der Waals surface area contributed by atoms with Crippen LogP contribution in [0.15, 0.2) is 16.7 Å². The van der Waals surface area contributed by atoms with Gasteiger partial charge in [0.1, 0.15) is 5.15 Å². The molecule has 1 aromatic rings. The Bertz CT molecular complexity index is 380. The van der Waals surface area contributed by atoms with Crippen molar-refractivity contribution >= 4 is 39.3 Å². The number of carboxylic acid groups (broad SMARTS) is 1. The first kappa shape index (κ1) is 10.1. The van der Waals surface area contributed by atoms with Crippen LogP contribution in [0, 0.1) is 0 Å². The largest absolute Gasteiger partial charge is 0.475 e. The molecule has 0 aliphatic rings. The van der Waals surface area contributed by atoms with E-state index in [1.807, 2.05) is 0 Å². The van der Waals surface area contributed by atoms with Gasteiger partial charge in [-0.05, 0) is 22.0 Å². The fourth-order valence-electron chi connectivity index (χ4n) is 0.697. The molecule has 68 valence electrons. The monoisotopic (exact) mass is 263 g/mol. The topological polar surface area (TPSA) is 67.3 Å². The summed E-state index contributed by atoms with van der Waals surface area (Å²) in [5.74, 6) is -2.62. The van der Waals surface area contributed by atoms with Crippen molar-refractivity contribution < 1.29 is 14.7 Å².